The van der Waals surface area contributed by atoms with Crippen LogP contribution in [0.4, 0.5) is 11.5 Å². The van der Waals surface area contributed by atoms with Gasteiger partial charge in [-0.1, -0.05) is 54.9 Å². The van der Waals surface area contributed by atoms with Gasteiger partial charge >= 0.3 is 0 Å². The summed E-state index contributed by atoms with van der Waals surface area (Å²) in [5.74, 6) is 1.20. The van der Waals surface area contributed by atoms with E-state index in [0.29, 0.717) is 101 Å². The number of piperazine rings is 2. The zero-order chi connectivity index (χ0) is 56.5. The Labute approximate surface area is 480 Å². The maximum Gasteiger partial charge on any atom is 0.274 e. The Bertz CT molecular complexity index is 2980. The molecular weight excluding hydrogens is 1050 g/mol. The highest BCUT2D eigenvalue weighted by atomic mass is 35.5. The zero-order valence-corrected chi connectivity index (χ0v) is 47.8. The van der Waals surface area contributed by atoms with Crippen LogP contribution in [-0.4, -0.2) is 209 Å². The van der Waals surface area contributed by atoms with Crippen LogP contribution in [0, 0.1) is 11.8 Å². The van der Waals surface area contributed by atoms with Gasteiger partial charge in [-0.05, 0) is 117 Å². The van der Waals surface area contributed by atoms with E-state index in [1.807, 2.05) is 71.6 Å². The molecule has 2 atom stereocenters. The van der Waals surface area contributed by atoms with Crippen molar-refractivity contribution < 1.29 is 24.0 Å². The summed E-state index contributed by atoms with van der Waals surface area (Å²) >= 11 is 6.29. The van der Waals surface area contributed by atoms with E-state index >= 15 is 0 Å². The first-order chi connectivity index (χ1) is 39.3. The van der Waals surface area contributed by atoms with Crippen LogP contribution in [0.1, 0.15) is 79.5 Å². The Balaban J connectivity index is 0.648. The van der Waals surface area contributed by atoms with Crippen LogP contribution in [0.3, 0.4) is 0 Å². The molecule has 0 radical (unpaired) electrons. The topological polar surface area (TPSA) is 225 Å². The standard InChI is InChI=1S/C60H80ClN15O5/c1-3-42-5-4-6-46(33-42)47-35-51(68-52(77)38-63-36-44-12-19-70(2)53(78)34-44)55(65-37-47)58(80)76-31-27-73(28-32-76)39-43-13-20-72(21-14-43)40-54(79)74-29-25-71(26-30-74)22-15-50(45-7-9-48(61)10-8-45)69-59(81)60(62)16-23-75(24-17-60)57-49-11-18-64-56(49)66-41-67-57/h4-11,18,33,35,37,41,43-44,50,63H,3,12-17,19-32,34,36,38-40,62H2,1-2H3,(H,68,77)(H,69,81)(H,64,66,67)/t44?,50-/m0/s1. The van der Waals surface area contributed by atoms with Crippen molar-refractivity contribution in [2.75, 3.05) is 135 Å². The number of hydrogen-bond acceptors (Lipinski definition) is 14. The Morgan fingerprint density at radius 3 is 2.27 bits per heavy atom. The number of carbonyl (C=O) groups excluding carboxylic acids is 5. The van der Waals surface area contributed by atoms with Gasteiger partial charge in [0.25, 0.3) is 5.91 Å². The second-order valence-electron chi connectivity index (χ2n) is 23.0. The maximum absolute atomic E-state index is 14.2. The number of nitrogens with one attached hydrogen (secondary N) is 4. The minimum Gasteiger partial charge on any atom is -0.356 e. The van der Waals surface area contributed by atoms with E-state index in [1.165, 1.54) is 5.56 Å². The second-order valence-corrected chi connectivity index (χ2v) is 23.4. The molecule has 5 aromatic rings. The summed E-state index contributed by atoms with van der Waals surface area (Å²) in [5.41, 5.74) is 11.2. The van der Waals surface area contributed by atoms with Crippen LogP contribution in [0.25, 0.3) is 22.2 Å². The molecule has 2 aromatic carbocycles. The number of amides is 5. The summed E-state index contributed by atoms with van der Waals surface area (Å²) in [5, 5.41) is 11.2. The summed E-state index contributed by atoms with van der Waals surface area (Å²) in [4.78, 5) is 99.2. The Hall–Kier alpha value is -6.55. The minimum atomic E-state index is -1.02. The summed E-state index contributed by atoms with van der Waals surface area (Å²) in [6.45, 7) is 14.0. The molecule has 5 fully saturated rings. The van der Waals surface area contributed by atoms with Gasteiger partial charge in [0, 0.05) is 122 Å². The van der Waals surface area contributed by atoms with E-state index in [-0.39, 0.29) is 53.7 Å². The number of pyridine rings is 1. The number of fused-ring (bicyclic) bond motifs is 1. The SMILES string of the molecule is CCc1cccc(-c2cnc(C(=O)N3CCN(CC4CCN(CC(=O)N5CCN(CC[C@H](NC(=O)C6(N)CCN(c7ncnc8[nH]ccc78)CC6)c6ccc(Cl)cc6)CC5)CC4)CC3)c(NC(=O)CNCC3CCN(C)C(=O)C3)c2)c1. The third kappa shape index (κ3) is 14.6. The fourth-order valence-electron chi connectivity index (χ4n) is 12.2. The number of aromatic amines is 1. The van der Waals surface area contributed by atoms with Crippen molar-refractivity contribution in [1.29, 1.82) is 0 Å². The quantitative estimate of drug-likeness (QED) is 0.0769. The molecule has 5 aliphatic heterocycles. The van der Waals surface area contributed by atoms with Gasteiger partial charge in [-0.3, -0.25) is 38.7 Å². The van der Waals surface area contributed by atoms with Crippen LogP contribution < -0.4 is 26.6 Å². The van der Waals surface area contributed by atoms with Gasteiger partial charge in [-0.2, -0.15) is 0 Å². The van der Waals surface area contributed by atoms with E-state index < -0.39 is 5.54 Å². The summed E-state index contributed by atoms with van der Waals surface area (Å²) < 4.78 is 0. The predicted octanol–water partition coefficient (Wildman–Crippen LogP) is 4.49. The Kier molecular flexibility index (Phi) is 18.9. The smallest absolute Gasteiger partial charge is 0.274 e. The highest BCUT2D eigenvalue weighted by Gasteiger charge is 2.40. The van der Waals surface area contributed by atoms with Gasteiger partial charge in [0.05, 0.1) is 35.7 Å². The zero-order valence-electron chi connectivity index (χ0n) is 47.1. The van der Waals surface area contributed by atoms with Gasteiger partial charge in [0.1, 0.15) is 17.8 Å². The molecule has 81 heavy (non-hydrogen) atoms. The molecule has 0 saturated carbocycles. The number of hydrogen-bond donors (Lipinski definition) is 5. The third-order valence-corrected chi connectivity index (χ3v) is 17.8. The third-order valence-electron chi connectivity index (χ3n) is 17.5. The lowest BCUT2D eigenvalue weighted by molar-refractivity contribution is -0.135. The lowest BCUT2D eigenvalue weighted by Gasteiger charge is -2.40. The molecule has 5 saturated heterocycles. The number of halogens is 1. The molecule has 0 aliphatic carbocycles. The maximum atomic E-state index is 14.2. The first-order valence-corrected chi connectivity index (χ1v) is 29.6. The number of H-pyrrole nitrogens is 1. The van der Waals surface area contributed by atoms with Crippen LogP contribution in [0.15, 0.2) is 79.4 Å². The molecule has 5 aliphatic rings. The molecule has 10 rings (SSSR count). The van der Waals surface area contributed by atoms with Crippen LogP contribution in [0.5, 0.6) is 0 Å². The van der Waals surface area contributed by atoms with E-state index in [1.54, 1.807) is 17.4 Å². The summed E-state index contributed by atoms with van der Waals surface area (Å²) in [6.07, 6.45) is 11.1. The molecule has 0 bridgehead atoms. The first-order valence-electron chi connectivity index (χ1n) is 29.2. The Morgan fingerprint density at radius 2 is 1.53 bits per heavy atom. The Morgan fingerprint density at radius 1 is 0.802 bits per heavy atom. The number of carbonyl (C=O) groups is 5. The van der Waals surface area contributed by atoms with Crippen LogP contribution in [-0.2, 0) is 25.6 Å². The number of piperidine rings is 3. The summed E-state index contributed by atoms with van der Waals surface area (Å²) in [6, 6.07) is 19.4. The van der Waals surface area contributed by atoms with E-state index in [9.17, 15) is 24.0 Å². The normalized spacial score (nSPS) is 20.1. The van der Waals surface area contributed by atoms with Crippen molar-refractivity contribution in [1.82, 2.24) is 60.0 Å². The lowest BCUT2D eigenvalue weighted by atomic mass is 9.87. The number of rotatable bonds is 19. The molecule has 20 nitrogen and oxygen atoms in total. The van der Waals surface area contributed by atoms with Gasteiger partial charge in [0.15, 0.2) is 5.69 Å². The second kappa shape index (κ2) is 26.6. The van der Waals surface area contributed by atoms with Crippen molar-refractivity contribution in [3.05, 3.63) is 101 Å². The molecule has 6 N–H and O–H groups in total. The number of benzene rings is 2. The average molecular weight is 1130 g/mol. The van der Waals surface area contributed by atoms with Gasteiger partial charge in [0.2, 0.25) is 23.6 Å². The number of aromatic nitrogens is 4. The molecule has 432 valence electrons. The molecule has 5 amide bonds. The molecular formula is C60H80ClN15O5. The minimum absolute atomic E-state index is 0.0539. The van der Waals surface area contributed by atoms with Gasteiger partial charge in [-0.25, -0.2) is 15.0 Å². The molecule has 8 heterocycles. The van der Waals surface area contributed by atoms with Crippen molar-refractivity contribution >= 4 is 63.7 Å². The molecule has 0 spiro atoms. The molecule has 3 aromatic heterocycles. The average Bonchev–Trinajstić information content (AvgIpc) is 3.98. The fourth-order valence-corrected chi connectivity index (χ4v) is 12.3. The monoisotopic (exact) mass is 1130 g/mol. The number of nitrogens with two attached hydrogens (primary N) is 1. The largest absolute Gasteiger partial charge is 0.356 e. The highest BCUT2D eigenvalue weighted by Crippen LogP contribution is 2.31. The molecule has 21 heteroatoms. The number of anilines is 2. The number of likely N-dealkylation sites (tertiary alicyclic amines) is 2. The number of nitrogens with zero attached hydrogens (tertiary/aromatic N) is 10. The van der Waals surface area contributed by atoms with Crippen molar-refractivity contribution in [3.63, 3.8) is 0 Å². The number of aryl methyl sites for hydroxylation is 1. The van der Waals surface area contributed by atoms with Crippen molar-refractivity contribution in [3.8, 4) is 11.1 Å². The predicted molar refractivity (Wildman–Crippen MR) is 315 cm³/mol. The van der Waals surface area contributed by atoms with Gasteiger partial charge in [-0.15, -0.1) is 0 Å². The highest BCUT2D eigenvalue weighted by molar-refractivity contribution is 6.30. The molecule has 1 unspecified atom stereocenters. The van der Waals surface area contributed by atoms with E-state index in [0.717, 1.165) is 112 Å². The summed E-state index contributed by atoms with van der Waals surface area (Å²) in [7, 11) is 1.82. The van der Waals surface area contributed by atoms with E-state index in [2.05, 4.69) is 69.6 Å². The lowest BCUT2D eigenvalue weighted by Crippen LogP contribution is -2.60. The van der Waals surface area contributed by atoms with Crippen molar-refractivity contribution in [2.24, 2.45) is 17.6 Å². The first kappa shape index (κ1) is 57.7. The fraction of sp³-hybridized carbons (Fsp3) is 0.533. The van der Waals surface area contributed by atoms with Crippen molar-refractivity contribution in [2.45, 2.75) is 69.9 Å². The van der Waals surface area contributed by atoms with Crippen LogP contribution >= 0.6 is 11.6 Å². The van der Waals surface area contributed by atoms with Gasteiger partial charge < -0.3 is 46.3 Å². The van der Waals surface area contributed by atoms with Crippen LogP contribution in [0.2, 0.25) is 5.02 Å². The van der Waals surface area contributed by atoms with E-state index in [4.69, 9.17) is 22.3 Å².